The number of ketones is 1. The highest BCUT2D eigenvalue weighted by atomic mass is 16.5. The molecule has 0 unspecified atom stereocenters. The fourth-order valence-corrected chi connectivity index (χ4v) is 1.97. The molecule has 1 aliphatic carbocycles. The number of hydrogen-bond donors (Lipinski definition) is 1. The van der Waals surface area contributed by atoms with E-state index in [1.807, 2.05) is 12.1 Å². The number of fused-ring (bicyclic) bond motifs is 1. The largest absolute Gasteiger partial charge is 0.491 e. The van der Waals surface area contributed by atoms with Crippen LogP contribution < -0.4 is 4.74 Å². The smallest absolute Gasteiger partial charge is 0.163 e. The Morgan fingerprint density at radius 2 is 2.12 bits per heavy atom. The number of benzene rings is 1. The van der Waals surface area contributed by atoms with Gasteiger partial charge in [0.05, 0.1) is 5.60 Å². The Kier molecular flexibility index (Phi) is 3.20. The molecule has 0 atom stereocenters. The van der Waals surface area contributed by atoms with Crippen LogP contribution in [0.1, 0.15) is 42.6 Å². The Hall–Kier alpha value is -1.35. The van der Waals surface area contributed by atoms with Gasteiger partial charge in [-0.05, 0) is 50.5 Å². The van der Waals surface area contributed by atoms with Crippen molar-refractivity contribution in [2.24, 2.45) is 0 Å². The van der Waals surface area contributed by atoms with E-state index in [1.165, 1.54) is 0 Å². The average Bonchev–Trinajstić information content (AvgIpc) is 2.26. The number of Topliss-reactive ketones (excluding diaryl/α,β-unsaturated/α-hetero) is 1. The number of aliphatic hydroxyl groups is 1. The molecule has 3 heteroatoms. The van der Waals surface area contributed by atoms with E-state index in [9.17, 15) is 9.90 Å². The van der Waals surface area contributed by atoms with Gasteiger partial charge in [-0.2, -0.15) is 0 Å². The Bertz CT molecular complexity index is 430. The van der Waals surface area contributed by atoms with Gasteiger partial charge in [0, 0.05) is 12.0 Å². The summed E-state index contributed by atoms with van der Waals surface area (Å²) in [5.74, 6) is 0.945. The van der Waals surface area contributed by atoms with E-state index in [4.69, 9.17) is 4.74 Å². The van der Waals surface area contributed by atoms with Gasteiger partial charge in [0.15, 0.2) is 5.78 Å². The first kappa shape index (κ1) is 12.1. The van der Waals surface area contributed by atoms with Crippen molar-refractivity contribution in [3.8, 4) is 5.75 Å². The Balaban J connectivity index is 2.14. The highest BCUT2D eigenvalue weighted by Gasteiger charge is 2.18. The van der Waals surface area contributed by atoms with Crippen molar-refractivity contribution in [3.05, 3.63) is 29.3 Å². The summed E-state index contributed by atoms with van der Waals surface area (Å²) in [4.78, 5) is 11.6. The van der Waals surface area contributed by atoms with Crippen LogP contribution in [0.25, 0.3) is 0 Å². The van der Waals surface area contributed by atoms with Crippen LogP contribution >= 0.6 is 0 Å². The van der Waals surface area contributed by atoms with E-state index < -0.39 is 5.60 Å². The van der Waals surface area contributed by atoms with Crippen molar-refractivity contribution < 1.29 is 14.6 Å². The topological polar surface area (TPSA) is 46.5 Å². The highest BCUT2D eigenvalue weighted by Crippen LogP contribution is 2.25. The third kappa shape index (κ3) is 3.07. The van der Waals surface area contributed by atoms with Crippen LogP contribution in [0, 0.1) is 0 Å². The summed E-state index contributed by atoms with van der Waals surface area (Å²) in [6.45, 7) is 3.66. The molecule has 1 N–H and O–H groups in total. The number of carbonyl (C=O) groups is 1. The van der Waals surface area contributed by atoms with E-state index in [1.54, 1.807) is 19.9 Å². The van der Waals surface area contributed by atoms with Gasteiger partial charge in [-0.3, -0.25) is 4.79 Å². The lowest BCUT2D eigenvalue weighted by atomic mass is 9.90. The molecule has 2 rings (SSSR count). The SMILES string of the molecule is CC(C)(O)COc1ccc2c(c1)CCCC2=O. The maximum Gasteiger partial charge on any atom is 0.163 e. The first-order valence-corrected chi connectivity index (χ1v) is 5.97. The molecule has 92 valence electrons. The summed E-state index contributed by atoms with van der Waals surface area (Å²) in [5.41, 5.74) is 1.05. The van der Waals surface area contributed by atoms with Crippen molar-refractivity contribution in [1.29, 1.82) is 0 Å². The van der Waals surface area contributed by atoms with E-state index in [-0.39, 0.29) is 12.4 Å². The number of ether oxygens (including phenoxy) is 1. The molecule has 17 heavy (non-hydrogen) atoms. The van der Waals surface area contributed by atoms with Gasteiger partial charge in [0.2, 0.25) is 0 Å². The molecule has 0 spiro atoms. The zero-order chi connectivity index (χ0) is 12.5. The normalized spacial score (nSPS) is 15.6. The average molecular weight is 234 g/mol. The van der Waals surface area contributed by atoms with Crippen molar-refractivity contribution in [2.45, 2.75) is 38.7 Å². The molecule has 1 aliphatic rings. The second-order valence-electron chi connectivity index (χ2n) is 5.20. The summed E-state index contributed by atoms with van der Waals surface area (Å²) in [5, 5.41) is 9.58. The fourth-order valence-electron chi connectivity index (χ4n) is 1.97. The zero-order valence-corrected chi connectivity index (χ0v) is 10.3. The molecule has 0 aliphatic heterocycles. The fraction of sp³-hybridized carbons (Fsp3) is 0.500. The quantitative estimate of drug-likeness (QED) is 0.873. The van der Waals surface area contributed by atoms with Crippen LogP contribution in [0.15, 0.2) is 18.2 Å². The van der Waals surface area contributed by atoms with E-state index in [0.717, 1.165) is 29.7 Å². The lowest BCUT2D eigenvalue weighted by Crippen LogP contribution is -2.28. The predicted molar refractivity (Wildman–Crippen MR) is 65.5 cm³/mol. The lowest BCUT2D eigenvalue weighted by molar-refractivity contribution is 0.0284. The van der Waals surface area contributed by atoms with Crippen LogP contribution in [0.3, 0.4) is 0 Å². The number of carbonyl (C=O) groups excluding carboxylic acids is 1. The highest BCUT2D eigenvalue weighted by molar-refractivity contribution is 5.98. The first-order chi connectivity index (χ1) is 7.96. The summed E-state index contributed by atoms with van der Waals surface area (Å²) < 4.78 is 5.51. The predicted octanol–water partition coefficient (Wildman–Crippen LogP) is 2.36. The van der Waals surface area contributed by atoms with Crippen molar-refractivity contribution in [1.82, 2.24) is 0 Å². The standard InChI is InChI=1S/C14H18O3/c1-14(2,16)9-17-11-6-7-12-10(8-11)4-3-5-13(12)15/h6-8,16H,3-5,9H2,1-2H3. The van der Waals surface area contributed by atoms with Crippen molar-refractivity contribution in [2.75, 3.05) is 6.61 Å². The van der Waals surface area contributed by atoms with E-state index in [0.29, 0.717) is 6.42 Å². The van der Waals surface area contributed by atoms with Gasteiger partial charge >= 0.3 is 0 Å². The summed E-state index contributed by atoms with van der Waals surface area (Å²) in [7, 11) is 0. The molecule has 1 aromatic rings. The minimum Gasteiger partial charge on any atom is -0.491 e. The Labute approximate surface area is 101 Å². The number of aryl methyl sites for hydroxylation is 1. The van der Waals surface area contributed by atoms with Crippen LogP contribution in [-0.4, -0.2) is 23.1 Å². The molecule has 0 saturated carbocycles. The zero-order valence-electron chi connectivity index (χ0n) is 10.3. The second-order valence-corrected chi connectivity index (χ2v) is 5.20. The Morgan fingerprint density at radius 3 is 2.82 bits per heavy atom. The third-order valence-electron chi connectivity index (χ3n) is 2.82. The summed E-state index contributed by atoms with van der Waals surface area (Å²) in [6.07, 6.45) is 2.50. The minimum atomic E-state index is -0.842. The van der Waals surface area contributed by atoms with Crippen LogP contribution in [0.2, 0.25) is 0 Å². The minimum absolute atomic E-state index is 0.222. The van der Waals surface area contributed by atoms with Crippen LogP contribution in [-0.2, 0) is 6.42 Å². The maximum atomic E-state index is 11.6. The number of hydrogen-bond acceptors (Lipinski definition) is 3. The number of rotatable bonds is 3. The molecule has 0 aromatic heterocycles. The molecule has 0 fully saturated rings. The van der Waals surface area contributed by atoms with Crippen LogP contribution in [0.4, 0.5) is 0 Å². The van der Waals surface area contributed by atoms with Gasteiger partial charge in [-0.25, -0.2) is 0 Å². The van der Waals surface area contributed by atoms with Gasteiger partial charge in [-0.1, -0.05) is 0 Å². The molecule has 1 aromatic carbocycles. The van der Waals surface area contributed by atoms with Crippen LogP contribution in [0.5, 0.6) is 5.75 Å². The van der Waals surface area contributed by atoms with E-state index >= 15 is 0 Å². The first-order valence-electron chi connectivity index (χ1n) is 5.97. The third-order valence-corrected chi connectivity index (χ3v) is 2.82. The van der Waals surface area contributed by atoms with Gasteiger partial charge < -0.3 is 9.84 Å². The molecular formula is C14H18O3. The molecule has 0 bridgehead atoms. The lowest BCUT2D eigenvalue weighted by Gasteiger charge is -2.20. The van der Waals surface area contributed by atoms with Gasteiger partial charge in [-0.15, -0.1) is 0 Å². The summed E-state index contributed by atoms with van der Waals surface area (Å²) in [6, 6.07) is 5.54. The monoisotopic (exact) mass is 234 g/mol. The van der Waals surface area contributed by atoms with E-state index in [2.05, 4.69) is 0 Å². The molecule has 3 nitrogen and oxygen atoms in total. The maximum absolute atomic E-state index is 11.6. The van der Waals surface area contributed by atoms with Crippen molar-refractivity contribution in [3.63, 3.8) is 0 Å². The summed E-state index contributed by atoms with van der Waals surface area (Å²) >= 11 is 0. The van der Waals surface area contributed by atoms with Gasteiger partial charge in [0.25, 0.3) is 0 Å². The second kappa shape index (κ2) is 4.49. The Morgan fingerprint density at radius 1 is 1.35 bits per heavy atom. The molecule has 0 amide bonds. The molecule has 0 heterocycles. The van der Waals surface area contributed by atoms with Gasteiger partial charge in [0.1, 0.15) is 12.4 Å². The molecule has 0 radical (unpaired) electrons. The molecule has 0 saturated heterocycles. The molecular weight excluding hydrogens is 216 g/mol. The van der Waals surface area contributed by atoms with Crippen molar-refractivity contribution >= 4 is 5.78 Å².